The molecule has 3 heteroatoms. The topological polar surface area (TPSA) is 4.36 Å². The summed E-state index contributed by atoms with van der Waals surface area (Å²) in [6.07, 6.45) is 3.77. The van der Waals surface area contributed by atoms with Crippen LogP contribution in [0.1, 0.15) is 11.1 Å². The van der Waals surface area contributed by atoms with E-state index >= 15 is 0 Å². The van der Waals surface area contributed by atoms with Gasteiger partial charge in [0.05, 0.1) is 6.57 Å². The van der Waals surface area contributed by atoms with Crippen molar-refractivity contribution in [1.82, 2.24) is 0 Å². The highest BCUT2D eigenvalue weighted by molar-refractivity contribution is 6.37. The van der Waals surface area contributed by atoms with Crippen LogP contribution in [-0.2, 0) is 0 Å². The molecular formula is C15H9Cl2N. The Morgan fingerprint density at radius 3 is 2.39 bits per heavy atom. The second kappa shape index (κ2) is 5.73. The lowest BCUT2D eigenvalue weighted by molar-refractivity contribution is 1.65. The van der Waals surface area contributed by atoms with E-state index in [1.165, 1.54) is 0 Å². The summed E-state index contributed by atoms with van der Waals surface area (Å²) in [6.45, 7) is 7.14. The summed E-state index contributed by atoms with van der Waals surface area (Å²) in [6, 6.07) is 13.2. The number of hydrogen-bond acceptors (Lipinski definition) is 0. The Labute approximate surface area is 116 Å². The van der Waals surface area contributed by atoms with Crippen molar-refractivity contribution in [2.75, 3.05) is 0 Å². The van der Waals surface area contributed by atoms with Crippen molar-refractivity contribution in [3.05, 3.63) is 75.1 Å². The van der Waals surface area contributed by atoms with Crippen molar-refractivity contribution < 1.29 is 0 Å². The van der Waals surface area contributed by atoms with Crippen LogP contribution in [0.3, 0.4) is 0 Å². The average molecular weight is 274 g/mol. The molecule has 0 saturated carbocycles. The Kier molecular flexibility index (Phi) is 4.04. The molecule has 0 spiro atoms. The first-order valence-electron chi connectivity index (χ1n) is 5.30. The molecule has 0 saturated heterocycles. The Bertz CT molecular complexity index is 625. The van der Waals surface area contributed by atoms with E-state index in [0.717, 1.165) is 11.1 Å². The van der Waals surface area contributed by atoms with Crippen LogP contribution in [0.4, 0.5) is 5.69 Å². The Balaban J connectivity index is 2.41. The van der Waals surface area contributed by atoms with E-state index in [1.807, 2.05) is 42.5 Å². The summed E-state index contributed by atoms with van der Waals surface area (Å²) in [4.78, 5) is 3.43. The standard InChI is InChI=1S/C15H9Cl2N/c1-18-15-12(9-13(16)10-14(15)17)8-7-11-5-3-2-4-6-11/h2-10H/b8-7+. The van der Waals surface area contributed by atoms with Crippen molar-refractivity contribution in [2.45, 2.75) is 0 Å². The highest BCUT2D eigenvalue weighted by atomic mass is 35.5. The van der Waals surface area contributed by atoms with E-state index in [-0.39, 0.29) is 0 Å². The number of halogens is 2. The fourth-order valence-electron chi connectivity index (χ4n) is 1.58. The molecule has 2 aromatic rings. The van der Waals surface area contributed by atoms with Gasteiger partial charge in [-0.25, -0.2) is 4.85 Å². The van der Waals surface area contributed by atoms with Crippen molar-refractivity contribution in [1.29, 1.82) is 0 Å². The molecule has 88 valence electrons. The first-order chi connectivity index (χ1) is 8.70. The third kappa shape index (κ3) is 2.92. The maximum atomic E-state index is 7.14. The van der Waals surface area contributed by atoms with Gasteiger partial charge in [-0.15, -0.1) is 0 Å². The predicted octanol–water partition coefficient (Wildman–Crippen LogP) is 5.71. The smallest absolute Gasteiger partial charge is 0.212 e. The summed E-state index contributed by atoms with van der Waals surface area (Å²) in [5, 5.41) is 0.908. The maximum Gasteiger partial charge on any atom is 0.212 e. The molecule has 0 radical (unpaired) electrons. The summed E-state index contributed by atoms with van der Waals surface area (Å²) in [5.41, 5.74) is 2.21. The van der Waals surface area contributed by atoms with Gasteiger partial charge in [0, 0.05) is 10.0 Å². The second-order valence-electron chi connectivity index (χ2n) is 3.68. The average Bonchev–Trinajstić information content (AvgIpc) is 2.37. The molecule has 0 aliphatic carbocycles. The highest BCUT2D eigenvalue weighted by Gasteiger charge is 2.06. The lowest BCUT2D eigenvalue weighted by Gasteiger charge is -2.02. The quantitative estimate of drug-likeness (QED) is 0.487. The lowest BCUT2D eigenvalue weighted by Crippen LogP contribution is -1.77. The number of hydrogen-bond donors (Lipinski definition) is 0. The summed E-state index contributed by atoms with van der Waals surface area (Å²) in [5.74, 6) is 0. The van der Waals surface area contributed by atoms with Crippen molar-refractivity contribution in [2.24, 2.45) is 0 Å². The minimum atomic E-state index is 0.380. The van der Waals surface area contributed by atoms with Crippen molar-refractivity contribution in [3.8, 4) is 0 Å². The van der Waals surface area contributed by atoms with Gasteiger partial charge in [-0.3, -0.25) is 0 Å². The van der Waals surface area contributed by atoms with Gasteiger partial charge in [0.1, 0.15) is 0 Å². The van der Waals surface area contributed by atoms with Crippen LogP contribution in [0.15, 0.2) is 42.5 Å². The van der Waals surface area contributed by atoms with E-state index in [4.69, 9.17) is 29.8 Å². The molecule has 0 aliphatic heterocycles. The van der Waals surface area contributed by atoms with Gasteiger partial charge in [-0.05, 0) is 23.3 Å². The van der Waals surface area contributed by atoms with E-state index in [1.54, 1.807) is 12.1 Å². The Hall–Kier alpha value is -1.75. The zero-order valence-electron chi connectivity index (χ0n) is 9.40. The highest BCUT2D eigenvalue weighted by Crippen LogP contribution is 2.33. The number of nitrogens with zero attached hydrogens (tertiary/aromatic N) is 1. The van der Waals surface area contributed by atoms with E-state index in [9.17, 15) is 0 Å². The molecule has 0 N–H and O–H groups in total. The molecule has 0 fully saturated rings. The first kappa shape index (κ1) is 12.7. The minimum Gasteiger partial charge on any atom is -0.236 e. The fourth-order valence-corrected chi connectivity index (χ4v) is 2.13. The van der Waals surface area contributed by atoms with Crippen LogP contribution in [0, 0.1) is 6.57 Å². The first-order valence-corrected chi connectivity index (χ1v) is 6.06. The van der Waals surface area contributed by atoms with Gasteiger partial charge in [-0.1, -0.05) is 65.7 Å². The Morgan fingerprint density at radius 1 is 1.00 bits per heavy atom. The van der Waals surface area contributed by atoms with Crippen LogP contribution >= 0.6 is 23.2 Å². The largest absolute Gasteiger partial charge is 0.236 e. The van der Waals surface area contributed by atoms with Crippen molar-refractivity contribution in [3.63, 3.8) is 0 Å². The number of benzene rings is 2. The van der Waals surface area contributed by atoms with Crippen molar-refractivity contribution >= 4 is 41.0 Å². The van der Waals surface area contributed by atoms with Crippen LogP contribution < -0.4 is 0 Å². The summed E-state index contributed by atoms with van der Waals surface area (Å²) in [7, 11) is 0. The molecule has 1 nitrogen and oxygen atoms in total. The monoisotopic (exact) mass is 273 g/mol. The summed E-state index contributed by atoms with van der Waals surface area (Å²) >= 11 is 11.9. The molecule has 0 heterocycles. The van der Waals surface area contributed by atoms with E-state index in [2.05, 4.69) is 4.85 Å². The molecule has 2 aromatic carbocycles. The van der Waals surface area contributed by atoms with E-state index in [0.29, 0.717) is 15.7 Å². The molecule has 18 heavy (non-hydrogen) atoms. The molecular weight excluding hydrogens is 265 g/mol. The zero-order valence-corrected chi connectivity index (χ0v) is 10.9. The summed E-state index contributed by atoms with van der Waals surface area (Å²) < 4.78 is 0. The SMILES string of the molecule is [C-]#[N+]c1c(Cl)cc(Cl)cc1/C=C/c1ccccc1. The van der Waals surface area contributed by atoms with Crippen LogP contribution in [0.25, 0.3) is 17.0 Å². The normalized spacial score (nSPS) is 10.5. The second-order valence-corrected chi connectivity index (χ2v) is 4.52. The molecule has 0 aromatic heterocycles. The third-order valence-corrected chi connectivity index (χ3v) is 2.93. The molecule has 0 aliphatic rings. The molecule has 2 rings (SSSR count). The molecule has 0 bridgehead atoms. The zero-order chi connectivity index (χ0) is 13.0. The van der Waals surface area contributed by atoms with Gasteiger partial charge < -0.3 is 0 Å². The van der Waals surface area contributed by atoms with Gasteiger partial charge >= 0.3 is 0 Å². The van der Waals surface area contributed by atoms with Gasteiger partial charge in [0.25, 0.3) is 0 Å². The third-order valence-electron chi connectivity index (χ3n) is 2.42. The Morgan fingerprint density at radius 2 is 1.72 bits per heavy atom. The minimum absolute atomic E-state index is 0.380. The fraction of sp³-hybridized carbons (Fsp3) is 0. The van der Waals surface area contributed by atoms with Crippen LogP contribution in [0.2, 0.25) is 10.0 Å². The number of rotatable bonds is 2. The lowest BCUT2D eigenvalue weighted by atomic mass is 10.1. The van der Waals surface area contributed by atoms with Crippen LogP contribution in [0.5, 0.6) is 0 Å². The van der Waals surface area contributed by atoms with E-state index < -0.39 is 0 Å². The molecule has 0 atom stereocenters. The molecule has 0 amide bonds. The van der Waals surface area contributed by atoms with Gasteiger partial charge in [0.2, 0.25) is 5.69 Å². The van der Waals surface area contributed by atoms with Crippen LogP contribution in [-0.4, -0.2) is 0 Å². The van der Waals surface area contributed by atoms with Gasteiger partial charge in [-0.2, -0.15) is 0 Å². The molecule has 0 unspecified atom stereocenters. The van der Waals surface area contributed by atoms with Gasteiger partial charge in [0.15, 0.2) is 0 Å². The maximum absolute atomic E-state index is 7.14. The predicted molar refractivity (Wildman–Crippen MR) is 78.1 cm³/mol.